The molecule has 1 aromatic carbocycles. The Balaban J connectivity index is 2.66. The molecule has 0 N–H and O–H groups in total. The quantitative estimate of drug-likeness (QED) is 0.689. The summed E-state index contributed by atoms with van der Waals surface area (Å²) in [6, 6.07) is 7.83. The first-order valence-corrected chi connectivity index (χ1v) is 6.01. The third kappa shape index (κ3) is 1.76. The van der Waals surface area contributed by atoms with Gasteiger partial charge in [-0.15, -0.1) is 0 Å². The number of allylic oxidation sites excluding steroid dienone is 4. The van der Waals surface area contributed by atoms with Crippen molar-refractivity contribution >= 4 is 11.9 Å². The summed E-state index contributed by atoms with van der Waals surface area (Å²) in [5.41, 5.74) is 7.22. The molecule has 0 aliphatic heterocycles. The number of benzene rings is 1. The fraction of sp³-hybridized carbons (Fsp3) is 0.312. The minimum Gasteiger partial charge on any atom is -0.298 e. The Morgan fingerprint density at radius 2 is 1.71 bits per heavy atom. The standard InChI is InChI=1S/C16H18O/c1-10-11(2)13(4)16(12(10)3)15-8-6-5-7-14(15)9-17/h5-10H,1-4H3. The van der Waals surface area contributed by atoms with Gasteiger partial charge in [-0.1, -0.05) is 42.3 Å². The van der Waals surface area contributed by atoms with E-state index < -0.39 is 0 Å². The molecule has 1 atom stereocenters. The monoisotopic (exact) mass is 226 g/mol. The van der Waals surface area contributed by atoms with E-state index in [0.29, 0.717) is 5.92 Å². The highest BCUT2D eigenvalue weighted by molar-refractivity contribution is 5.93. The van der Waals surface area contributed by atoms with E-state index in [1.807, 2.05) is 24.3 Å². The lowest BCUT2D eigenvalue weighted by atomic mass is 9.93. The summed E-state index contributed by atoms with van der Waals surface area (Å²) in [7, 11) is 0. The van der Waals surface area contributed by atoms with Crippen molar-refractivity contribution in [3.63, 3.8) is 0 Å². The summed E-state index contributed by atoms with van der Waals surface area (Å²) in [6.45, 7) is 8.73. The van der Waals surface area contributed by atoms with E-state index in [-0.39, 0.29) is 0 Å². The molecular weight excluding hydrogens is 208 g/mol. The largest absolute Gasteiger partial charge is 0.298 e. The van der Waals surface area contributed by atoms with Crippen LogP contribution in [0.1, 0.15) is 43.6 Å². The predicted octanol–water partition coefficient (Wildman–Crippen LogP) is 4.26. The van der Waals surface area contributed by atoms with Crippen LogP contribution >= 0.6 is 0 Å². The number of aldehydes is 1. The van der Waals surface area contributed by atoms with Gasteiger partial charge in [0.1, 0.15) is 0 Å². The van der Waals surface area contributed by atoms with Gasteiger partial charge in [0, 0.05) is 5.56 Å². The summed E-state index contributed by atoms with van der Waals surface area (Å²) in [5.74, 6) is 0.490. The third-order valence-electron chi connectivity index (χ3n) is 4.02. The van der Waals surface area contributed by atoms with Gasteiger partial charge in [-0.05, 0) is 43.4 Å². The first-order chi connectivity index (χ1) is 8.07. The van der Waals surface area contributed by atoms with Gasteiger partial charge >= 0.3 is 0 Å². The maximum atomic E-state index is 11.1. The zero-order valence-electron chi connectivity index (χ0n) is 10.9. The van der Waals surface area contributed by atoms with Gasteiger partial charge in [0.05, 0.1) is 0 Å². The van der Waals surface area contributed by atoms with Crippen molar-refractivity contribution in [3.05, 3.63) is 52.1 Å². The number of carbonyl (C=O) groups is 1. The SMILES string of the molecule is CC1=C(C)C(C)C(C)=C1c1ccccc1C=O. The first-order valence-electron chi connectivity index (χ1n) is 6.01. The van der Waals surface area contributed by atoms with Gasteiger partial charge in [0.15, 0.2) is 6.29 Å². The number of hydrogen-bond donors (Lipinski definition) is 0. The summed E-state index contributed by atoms with van der Waals surface area (Å²) < 4.78 is 0. The molecule has 1 aliphatic rings. The molecule has 0 radical (unpaired) electrons. The van der Waals surface area contributed by atoms with Crippen molar-refractivity contribution in [1.82, 2.24) is 0 Å². The number of hydrogen-bond acceptors (Lipinski definition) is 1. The average molecular weight is 226 g/mol. The Morgan fingerprint density at radius 1 is 1.06 bits per heavy atom. The highest BCUT2D eigenvalue weighted by Crippen LogP contribution is 2.42. The van der Waals surface area contributed by atoms with Gasteiger partial charge in [0.25, 0.3) is 0 Å². The van der Waals surface area contributed by atoms with Gasteiger partial charge in [-0.3, -0.25) is 4.79 Å². The first kappa shape index (κ1) is 11.8. The lowest BCUT2D eigenvalue weighted by Crippen LogP contribution is -1.95. The molecule has 88 valence electrons. The van der Waals surface area contributed by atoms with Gasteiger partial charge in [0.2, 0.25) is 0 Å². The molecule has 0 saturated heterocycles. The van der Waals surface area contributed by atoms with Crippen molar-refractivity contribution in [2.45, 2.75) is 27.7 Å². The van der Waals surface area contributed by atoms with Gasteiger partial charge in [-0.2, -0.15) is 0 Å². The van der Waals surface area contributed by atoms with Gasteiger partial charge in [-0.25, -0.2) is 0 Å². The Bertz CT molecular complexity index is 532. The zero-order valence-corrected chi connectivity index (χ0v) is 10.9. The van der Waals surface area contributed by atoms with Crippen molar-refractivity contribution in [1.29, 1.82) is 0 Å². The van der Waals surface area contributed by atoms with Crippen LogP contribution in [0.2, 0.25) is 0 Å². The molecule has 1 aromatic rings. The Hall–Kier alpha value is -1.63. The summed E-state index contributed by atoms with van der Waals surface area (Å²) in [6.07, 6.45) is 0.946. The topological polar surface area (TPSA) is 17.1 Å². The second kappa shape index (κ2) is 4.33. The molecule has 2 rings (SSSR count). The van der Waals surface area contributed by atoms with Crippen molar-refractivity contribution in [2.24, 2.45) is 5.92 Å². The van der Waals surface area contributed by atoms with Crippen molar-refractivity contribution in [3.8, 4) is 0 Å². The Kier molecular flexibility index (Phi) is 3.01. The third-order valence-corrected chi connectivity index (χ3v) is 4.02. The smallest absolute Gasteiger partial charge is 0.150 e. The molecule has 0 fully saturated rings. The van der Waals surface area contributed by atoms with Crippen LogP contribution in [0.5, 0.6) is 0 Å². The van der Waals surface area contributed by atoms with Crippen LogP contribution in [0.3, 0.4) is 0 Å². The van der Waals surface area contributed by atoms with E-state index in [0.717, 1.165) is 17.4 Å². The molecule has 1 unspecified atom stereocenters. The highest BCUT2D eigenvalue weighted by Gasteiger charge is 2.24. The molecule has 0 aromatic heterocycles. The lowest BCUT2D eigenvalue weighted by Gasteiger charge is -2.10. The fourth-order valence-corrected chi connectivity index (χ4v) is 2.60. The lowest BCUT2D eigenvalue weighted by molar-refractivity contribution is 0.112. The van der Waals surface area contributed by atoms with Crippen LogP contribution in [0.4, 0.5) is 0 Å². The van der Waals surface area contributed by atoms with Crippen LogP contribution in [0, 0.1) is 5.92 Å². The van der Waals surface area contributed by atoms with E-state index in [1.54, 1.807) is 0 Å². The highest BCUT2D eigenvalue weighted by atomic mass is 16.1. The second-order valence-electron chi connectivity index (χ2n) is 4.79. The number of carbonyl (C=O) groups excluding carboxylic acids is 1. The molecule has 0 bridgehead atoms. The summed E-state index contributed by atoms with van der Waals surface area (Å²) in [5, 5.41) is 0. The van der Waals surface area contributed by atoms with E-state index in [1.165, 1.54) is 22.3 Å². The van der Waals surface area contributed by atoms with Crippen LogP contribution in [0.15, 0.2) is 41.0 Å². The van der Waals surface area contributed by atoms with Crippen molar-refractivity contribution in [2.75, 3.05) is 0 Å². The van der Waals surface area contributed by atoms with Crippen LogP contribution < -0.4 is 0 Å². The summed E-state index contributed by atoms with van der Waals surface area (Å²) in [4.78, 5) is 11.1. The van der Waals surface area contributed by atoms with E-state index in [2.05, 4.69) is 27.7 Å². The minimum atomic E-state index is 0.490. The molecular formula is C16H18O. The van der Waals surface area contributed by atoms with Crippen molar-refractivity contribution < 1.29 is 4.79 Å². The predicted molar refractivity (Wildman–Crippen MR) is 72.0 cm³/mol. The van der Waals surface area contributed by atoms with Crippen LogP contribution in [-0.4, -0.2) is 6.29 Å². The van der Waals surface area contributed by atoms with Gasteiger partial charge < -0.3 is 0 Å². The zero-order chi connectivity index (χ0) is 12.6. The molecule has 1 aliphatic carbocycles. The van der Waals surface area contributed by atoms with Crippen LogP contribution in [0.25, 0.3) is 5.57 Å². The average Bonchev–Trinajstić information content (AvgIpc) is 2.54. The van der Waals surface area contributed by atoms with E-state index in [4.69, 9.17) is 0 Å². The normalized spacial score (nSPS) is 20.1. The second-order valence-corrected chi connectivity index (χ2v) is 4.79. The minimum absolute atomic E-state index is 0.490. The Morgan fingerprint density at radius 3 is 2.24 bits per heavy atom. The maximum absolute atomic E-state index is 11.1. The fourth-order valence-electron chi connectivity index (χ4n) is 2.60. The van der Waals surface area contributed by atoms with E-state index in [9.17, 15) is 4.79 Å². The molecule has 0 amide bonds. The molecule has 1 nitrogen and oxygen atoms in total. The van der Waals surface area contributed by atoms with E-state index >= 15 is 0 Å². The molecule has 1 heteroatoms. The maximum Gasteiger partial charge on any atom is 0.150 e. The number of rotatable bonds is 2. The molecule has 0 heterocycles. The molecule has 0 saturated carbocycles. The van der Waals surface area contributed by atoms with Crippen LogP contribution in [-0.2, 0) is 0 Å². The Labute approximate surface area is 103 Å². The molecule has 0 spiro atoms. The summed E-state index contributed by atoms with van der Waals surface area (Å²) >= 11 is 0. The molecule has 17 heavy (non-hydrogen) atoms.